The first-order valence-electron chi connectivity index (χ1n) is 7.86. The first kappa shape index (κ1) is 19.5. The van der Waals surface area contributed by atoms with E-state index in [1.165, 1.54) is 6.26 Å². The van der Waals surface area contributed by atoms with Crippen LogP contribution in [0.25, 0.3) is 0 Å². The maximum absolute atomic E-state index is 12.1. The van der Waals surface area contributed by atoms with E-state index in [1.807, 2.05) is 27.7 Å². The van der Waals surface area contributed by atoms with Crippen molar-refractivity contribution >= 4 is 23.4 Å². The molecule has 1 rings (SSSR count). The molecule has 0 aliphatic rings. The molecular formula is C16H26ClN3O3. The Morgan fingerprint density at radius 1 is 1.26 bits per heavy atom. The third kappa shape index (κ3) is 6.60. The number of carbonyl (C=O) groups is 2. The van der Waals surface area contributed by atoms with Gasteiger partial charge in [0.25, 0.3) is 5.91 Å². The van der Waals surface area contributed by atoms with Crippen molar-refractivity contribution in [2.45, 2.75) is 46.5 Å². The zero-order valence-corrected chi connectivity index (χ0v) is 15.2. The van der Waals surface area contributed by atoms with Gasteiger partial charge in [-0.1, -0.05) is 27.7 Å². The van der Waals surface area contributed by atoms with E-state index >= 15 is 0 Å². The predicted molar refractivity (Wildman–Crippen MR) is 89.2 cm³/mol. The van der Waals surface area contributed by atoms with Crippen molar-refractivity contribution in [1.29, 1.82) is 0 Å². The Balaban J connectivity index is 2.74. The molecule has 0 saturated carbocycles. The van der Waals surface area contributed by atoms with Crippen LogP contribution in [0.5, 0.6) is 0 Å². The van der Waals surface area contributed by atoms with E-state index in [2.05, 4.69) is 10.3 Å². The van der Waals surface area contributed by atoms with Gasteiger partial charge in [-0.2, -0.15) is 0 Å². The number of rotatable bonds is 8. The molecule has 0 spiro atoms. The molecule has 0 saturated heterocycles. The Morgan fingerprint density at radius 3 is 2.43 bits per heavy atom. The van der Waals surface area contributed by atoms with Crippen LogP contribution in [-0.2, 0) is 11.3 Å². The zero-order valence-electron chi connectivity index (χ0n) is 14.4. The molecule has 0 aromatic carbocycles. The third-order valence-corrected chi connectivity index (χ3v) is 3.21. The average molecular weight is 344 g/mol. The highest BCUT2D eigenvalue weighted by Gasteiger charge is 2.22. The molecule has 1 heterocycles. The number of alkyl halides is 1. The van der Waals surface area contributed by atoms with E-state index in [1.54, 1.807) is 11.8 Å². The standard InChI is InChI=1S/C16H26ClN3O3/c1-10(2)6-18-15(21)13-9-23-14(19-13)8-20(7-11(3)4)16(22)12(5)17/h9-12H,6-8H2,1-5H3,(H,18,21). The second kappa shape index (κ2) is 8.91. The highest BCUT2D eigenvalue weighted by molar-refractivity contribution is 6.30. The van der Waals surface area contributed by atoms with Gasteiger partial charge in [-0.3, -0.25) is 9.59 Å². The molecule has 0 aliphatic heterocycles. The summed E-state index contributed by atoms with van der Waals surface area (Å²) in [6, 6.07) is 0. The van der Waals surface area contributed by atoms with Crippen LogP contribution in [-0.4, -0.2) is 40.2 Å². The summed E-state index contributed by atoms with van der Waals surface area (Å²) in [5.41, 5.74) is 0.219. The number of amides is 2. The topological polar surface area (TPSA) is 75.4 Å². The van der Waals surface area contributed by atoms with Gasteiger partial charge >= 0.3 is 0 Å². The second-order valence-electron chi connectivity index (χ2n) is 6.46. The van der Waals surface area contributed by atoms with Crippen LogP contribution < -0.4 is 5.32 Å². The van der Waals surface area contributed by atoms with Crippen LogP contribution in [0, 0.1) is 11.8 Å². The minimum atomic E-state index is -0.613. The van der Waals surface area contributed by atoms with E-state index in [0.717, 1.165) is 0 Å². The molecule has 1 atom stereocenters. The molecule has 0 aliphatic carbocycles. The Hall–Kier alpha value is -1.56. The smallest absolute Gasteiger partial charge is 0.273 e. The summed E-state index contributed by atoms with van der Waals surface area (Å²) in [6.45, 7) is 11.0. The maximum Gasteiger partial charge on any atom is 0.273 e. The van der Waals surface area contributed by atoms with Gasteiger partial charge in [0.2, 0.25) is 11.8 Å². The molecule has 7 heteroatoms. The van der Waals surface area contributed by atoms with Gasteiger partial charge in [-0.05, 0) is 18.8 Å². The first-order chi connectivity index (χ1) is 10.7. The fourth-order valence-corrected chi connectivity index (χ4v) is 2.10. The molecule has 0 radical (unpaired) electrons. The molecule has 1 unspecified atom stereocenters. The van der Waals surface area contributed by atoms with Crippen LogP contribution in [0.3, 0.4) is 0 Å². The molecule has 130 valence electrons. The van der Waals surface area contributed by atoms with Gasteiger partial charge in [0.15, 0.2) is 5.69 Å². The summed E-state index contributed by atoms with van der Waals surface area (Å²) >= 11 is 5.89. The summed E-state index contributed by atoms with van der Waals surface area (Å²) in [7, 11) is 0. The minimum Gasteiger partial charge on any atom is -0.446 e. The normalized spacial score (nSPS) is 12.5. The predicted octanol–water partition coefficient (Wildman–Crippen LogP) is 2.67. The number of oxazole rings is 1. The molecule has 0 bridgehead atoms. The van der Waals surface area contributed by atoms with Gasteiger partial charge in [-0.25, -0.2) is 4.98 Å². The fraction of sp³-hybridized carbons (Fsp3) is 0.688. The van der Waals surface area contributed by atoms with Crippen molar-refractivity contribution in [3.8, 4) is 0 Å². The highest BCUT2D eigenvalue weighted by Crippen LogP contribution is 2.12. The molecule has 1 aromatic rings. The number of nitrogens with one attached hydrogen (secondary N) is 1. The number of halogens is 1. The molecule has 2 amide bonds. The summed E-state index contributed by atoms with van der Waals surface area (Å²) in [5.74, 6) is 0.518. The number of aromatic nitrogens is 1. The Kier molecular flexibility index (Phi) is 7.55. The van der Waals surface area contributed by atoms with Gasteiger partial charge in [0.05, 0.1) is 6.54 Å². The van der Waals surface area contributed by atoms with E-state index < -0.39 is 5.38 Å². The van der Waals surface area contributed by atoms with E-state index in [4.69, 9.17) is 16.0 Å². The van der Waals surface area contributed by atoms with Gasteiger partial charge in [0.1, 0.15) is 11.6 Å². The number of hydrogen-bond acceptors (Lipinski definition) is 4. The van der Waals surface area contributed by atoms with Crippen molar-refractivity contribution in [1.82, 2.24) is 15.2 Å². The Bertz CT molecular complexity index is 526. The molecule has 0 fully saturated rings. The lowest BCUT2D eigenvalue weighted by Gasteiger charge is -2.24. The lowest BCUT2D eigenvalue weighted by molar-refractivity contribution is -0.132. The minimum absolute atomic E-state index is 0.177. The van der Waals surface area contributed by atoms with Crippen molar-refractivity contribution < 1.29 is 14.0 Å². The maximum atomic E-state index is 12.1. The van der Waals surface area contributed by atoms with Crippen molar-refractivity contribution in [3.63, 3.8) is 0 Å². The van der Waals surface area contributed by atoms with Gasteiger partial charge in [0, 0.05) is 13.1 Å². The molecule has 23 heavy (non-hydrogen) atoms. The van der Waals surface area contributed by atoms with Crippen LogP contribution >= 0.6 is 11.6 Å². The molecule has 1 N–H and O–H groups in total. The number of hydrogen-bond donors (Lipinski definition) is 1. The largest absolute Gasteiger partial charge is 0.446 e. The summed E-state index contributed by atoms with van der Waals surface area (Å²) in [6.07, 6.45) is 1.31. The molecule has 1 aromatic heterocycles. The summed E-state index contributed by atoms with van der Waals surface area (Å²) in [5, 5.41) is 2.16. The Labute approximate surface area is 142 Å². The van der Waals surface area contributed by atoms with Crippen molar-refractivity contribution in [2.75, 3.05) is 13.1 Å². The van der Waals surface area contributed by atoms with E-state index in [0.29, 0.717) is 24.9 Å². The van der Waals surface area contributed by atoms with Crippen LogP contribution in [0.4, 0.5) is 0 Å². The monoisotopic (exact) mass is 343 g/mol. The number of carbonyl (C=O) groups excluding carboxylic acids is 2. The zero-order chi connectivity index (χ0) is 17.6. The highest BCUT2D eigenvalue weighted by atomic mass is 35.5. The van der Waals surface area contributed by atoms with Crippen LogP contribution in [0.15, 0.2) is 10.7 Å². The van der Waals surface area contributed by atoms with Gasteiger partial charge in [-0.15, -0.1) is 11.6 Å². The molecule has 6 nitrogen and oxygen atoms in total. The van der Waals surface area contributed by atoms with E-state index in [-0.39, 0.29) is 30.0 Å². The lowest BCUT2D eigenvalue weighted by atomic mass is 10.2. The molecular weight excluding hydrogens is 318 g/mol. The average Bonchev–Trinajstić information content (AvgIpc) is 2.91. The second-order valence-corrected chi connectivity index (χ2v) is 7.11. The van der Waals surface area contributed by atoms with Crippen molar-refractivity contribution in [2.24, 2.45) is 11.8 Å². The Morgan fingerprint density at radius 2 is 1.91 bits per heavy atom. The fourth-order valence-electron chi connectivity index (χ4n) is 1.96. The third-order valence-electron chi connectivity index (χ3n) is 3.02. The summed E-state index contributed by atoms with van der Waals surface area (Å²) in [4.78, 5) is 29.8. The lowest BCUT2D eigenvalue weighted by Crippen LogP contribution is -2.37. The van der Waals surface area contributed by atoms with Crippen LogP contribution in [0.2, 0.25) is 0 Å². The van der Waals surface area contributed by atoms with Crippen molar-refractivity contribution in [3.05, 3.63) is 17.8 Å². The van der Waals surface area contributed by atoms with Crippen LogP contribution in [0.1, 0.15) is 51.0 Å². The SMILES string of the molecule is CC(C)CNC(=O)c1coc(CN(CC(C)C)C(=O)C(C)Cl)n1. The number of nitrogens with zero attached hydrogens (tertiary/aromatic N) is 2. The quantitative estimate of drug-likeness (QED) is 0.736. The van der Waals surface area contributed by atoms with Gasteiger partial charge < -0.3 is 14.6 Å². The summed E-state index contributed by atoms with van der Waals surface area (Å²) < 4.78 is 5.33. The first-order valence-corrected chi connectivity index (χ1v) is 8.29. The van der Waals surface area contributed by atoms with E-state index in [9.17, 15) is 9.59 Å².